The Bertz CT molecular complexity index is 1040. The Morgan fingerprint density at radius 3 is 2.44 bits per heavy atom. The molecule has 0 saturated heterocycles. The van der Waals surface area contributed by atoms with Crippen LogP contribution in [0.1, 0.15) is 28.5 Å². The highest BCUT2D eigenvalue weighted by molar-refractivity contribution is 6.05. The number of ether oxygens (including phenoxy) is 1. The molecule has 2 aromatic carbocycles. The number of hydrogen-bond acceptors (Lipinski definition) is 4. The number of aromatic hydroxyl groups is 1. The molecule has 0 bridgehead atoms. The van der Waals surface area contributed by atoms with Gasteiger partial charge in [-0.15, -0.1) is 0 Å². The first kappa shape index (κ1) is 18.6. The lowest BCUT2D eigenvalue weighted by atomic mass is 10.1. The van der Waals surface area contributed by atoms with E-state index in [0.717, 1.165) is 18.2 Å². The van der Waals surface area contributed by atoms with Crippen LogP contribution < -0.4 is 0 Å². The van der Waals surface area contributed by atoms with Gasteiger partial charge in [0.25, 0.3) is 5.91 Å². The molecule has 0 fully saturated rings. The van der Waals surface area contributed by atoms with E-state index < -0.39 is 29.3 Å². The number of carbonyl (C=O) groups is 2. The second-order valence-electron chi connectivity index (χ2n) is 6.01. The summed E-state index contributed by atoms with van der Waals surface area (Å²) in [7, 11) is 0. The predicted octanol–water partition coefficient (Wildman–Crippen LogP) is 3.73. The minimum Gasteiger partial charge on any atom is -0.505 e. The number of phenols is 1. The van der Waals surface area contributed by atoms with Gasteiger partial charge in [-0.2, -0.15) is 0 Å². The Balaban J connectivity index is 2.21. The Morgan fingerprint density at radius 2 is 1.81 bits per heavy atom. The van der Waals surface area contributed by atoms with Crippen LogP contribution in [0, 0.1) is 18.6 Å². The third-order valence-corrected chi connectivity index (χ3v) is 4.32. The molecule has 0 saturated carbocycles. The van der Waals surface area contributed by atoms with Crippen molar-refractivity contribution in [2.45, 2.75) is 20.3 Å². The molecule has 5 nitrogen and oxygen atoms in total. The van der Waals surface area contributed by atoms with Crippen molar-refractivity contribution in [3.8, 4) is 5.75 Å². The lowest BCUT2D eigenvalue weighted by molar-refractivity contribution is -0.142. The number of rotatable bonds is 4. The number of benzene rings is 2. The largest absolute Gasteiger partial charge is 0.505 e. The van der Waals surface area contributed by atoms with Crippen LogP contribution in [0.3, 0.4) is 0 Å². The highest BCUT2D eigenvalue weighted by Gasteiger charge is 2.23. The monoisotopic (exact) mass is 373 g/mol. The second kappa shape index (κ2) is 7.19. The third-order valence-electron chi connectivity index (χ3n) is 4.32. The Hall–Kier alpha value is -3.22. The maximum atomic E-state index is 14.0. The molecule has 0 aliphatic heterocycles. The lowest BCUT2D eigenvalue weighted by Gasteiger charge is -2.08. The van der Waals surface area contributed by atoms with Crippen molar-refractivity contribution in [1.29, 1.82) is 0 Å². The maximum absolute atomic E-state index is 14.0. The zero-order valence-electron chi connectivity index (χ0n) is 14.8. The molecule has 0 aliphatic rings. The smallest absolute Gasteiger partial charge is 0.310 e. The van der Waals surface area contributed by atoms with E-state index in [-0.39, 0.29) is 24.1 Å². The van der Waals surface area contributed by atoms with Crippen LogP contribution in [-0.4, -0.2) is 28.2 Å². The molecule has 140 valence electrons. The summed E-state index contributed by atoms with van der Waals surface area (Å²) in [5.74, 6) is -2.97. The fraction of sp³-hybridized carbons (Fsp3) is 0.200. The van der Waals surface area contributed by atoms with E-state index in [9.17, 15) is 23.5 Å². The summed E-state index contributed by atoms with van der Waals surface area (Å²) < 4.78 is 33.3. The fourth-order valence-electron chi connectivity index (χ4n) is 3.05. The van der Waals surface area contributed by atoms with Gasteiger partial charge >= 0.3 is 5.97 Å². The molecule has 0 atom stereocenters. The maximum Gasteiger partial charge on any atom is 0.310 e. The van der Waals surface area contributed by atoms with E-state index in [0.29, 0.717) is 16.6 Å². The van der Waals surface area contributed by atoms with Crippen LogP contribution in [0.25, 0.3) is 10.9 Å². The van der Waals surface area contributed by atoms with E-state index in [1.54, 1.807) is 13.8 Å². The number of fused-ring (bicyclic) bond motifs is 1. The molecular weight excluding hydrogens is 356 g/mol. The molecule has 0 unspecified atom stereocenters. The molecule has 0 spiro atoms. The van der Waals surface area contributed by atoms with Crippen molar-refractivity contribution in [3.63, 3.8) is 0 Å². The second-order valence-corrected chi connectivity index (χ2v) is 6.01. The van der Waals surface area contributed by atoms with Gasteiger partial charge in [0.15, 0.2) is 11.6 Å². The van der Waals surface area contributed by atoms with Crippen LogP contribution in [0.15, 0.2) is 36.4 Å². The number of aromatic nitrogens is 1. The minimum absolute atomic E-state index is 0.134. The molecule has 1 heterocycles. The summed E-state index contributed by atoms with van der Waals surface area (Å²) in [6.45, 7) is 3.49. The van der Waals surface area contributed by atoms with E-state index in [1.807, 2.05) is 0 Å². The number of carbonyl (C=O) groups excluding carboxylic acids is 2. The zero-order chi connectivity index (χ0) is 19.7. The lowest BCUT2D eigenvalue weighted by Crippen LogP contribution is -2.14. The topological polar surface area (TPSA) is 68.5 Å². The molecule has 1 N–H and O–H groups in total. The van der Waals surface area contributed by atoms with Crippen LogP contribution in [0.4, 0.5) is 8.78 Å². The Labute approximate surface area is 153 Å². The van der Waals surface area contributed by atoms with E-state index in [2.05, 4.69) is 0 Å². The highest BCUT2D eigenvalue weighted by Crippen LogP contribution is 2.32. The van der Waals surface area contributed by atoms with Gasteiger partial charge in [-0.05, 0) is 49.7 Å². The van der Waals surface area contributed by atoms with E-state index in [1.165, 1.54) is 22.8 Å². The quantitative estimate of drug-likeness (QED) is 0.708. The van der Waals surface area contributed by atoms with Crippen molar-refractivity contribution in [2.75, 3.05) is 6.61 Å². The van der Waals surface area contributed by atoms with Gasteiger partial charge < -0.3 is 9.84 Å². The van der Waals surface area contributed by atoms with Gasteiger partial charge in [-0.3, -0.25) is 14.2 Å². The first-order chi connectivity index (χ1) is 12.8. The normalized spacial score (nSPS) is 11.0. The molecule has 3 aromatic rings. The summed E-state index contributed by atoms with van der Waals surface area (Å²) in [5, 5.41) is 10.1. The molecule has 0 radical (unpaired) electrons. The van der Waals surface area contributed by atoms with Crippen LogP contribution in [0.2, 0.25) is 0 Å². The fourth-order valence-corrected chi connectivity index (χ4v) is 3.05. The standard InChI is InChI=1S/C20H17F2NO4/c1-3-27-19(25)9-14-11(2)23(17-10-16(22)18(24)8-15(14)17)20(26)12-4-6-13(21)7-5-12/h4-8,10,24H,3,9H2,1-2H3. The SMILES string of the molecule is CCOC(=O)Cc1c(C)n(C(=O)c2ccc(F)cc2)c2cc(F)c(O)cc12. The molecule has 1 aromatic heterocycles. The van der Waals surface area contributed by atoms with Gasteiger partial charge in [0, 0.05) is 22.7 Å². The first-order valence-corrected chi connectivity index (χ1v) is 8.31. The Kier molecular flexibility index (Phi) is 4.94. The van der Waals surface area contributed by atoms with Crippen molar-refractivity contribution in [3.05, 3.63) is 64.9 Å². The third kappa shape index (κ3) is 3.40. The van der Waals surface area contributed by atoms with Gasteiger partial charge in [-0.25, -0.2) is 8.78 Å². The number of esters is 1. The van der Waals surface area contributed by atoms with Gasteiger partial charge in [0.1, 0.15) is 5.82 Å². The average Bonchev–Trinajstić information content (AvgIpc) is 2.87. The van der Waals surface area contributed by atoms with Crippen LogP contribution >= 0.6 is 0 Å². The molecular formula is C20H17F2NO4. The average molecular weight is 373 g/mol. The van der Waals surface area contributed by atoms with E-state index in [4.69, 9.17) is 4.74 Å². The van der Waals surface area contributed by atoms with Crippen LogP contribution in [-0.2, 0) is 16.0 Å². The van der Waals surface area contributed by atoms with E-state index >= 15 is 0 Å². The van der Waals surface area contributed by atoms with Crippen molar-refractivity contribution < 1.29 is 28.2 Å². The summed E-state index contributed by atoms with van der Waals surface area (Å²) >= 11 is 0. The minimum atomic E-state index is -0.893. The summed E-state index contributed by atoms with van der Waals surface area (Å²) in [6, 6.07) is 7.17. The Morgan fingerprint density at radius 1 is 1.15 bits per heavy atom. The number of hydrogen-bond donors (Lipinski definition) is 1. The first-order valence-electron chi connectivity index (χ1n) is 8.31. The predicted molar refractivity (Wildman–Crippen MR) is 94.8 cm³/mol. The highest BCUT2D eigenvalue weighted by atomic mass is 19.1. The van der Waals surface area contributed by atoms with Crippen LogP contribution in [0.5, 0.6) is 5.75 Å². The molecule has 7 heteroatoms. The van der Waals surface area contributed by atoms with Gasteiger partial charge in [-0.1, -0.05) is 0 Å². The number of halogens is 2. The number of phenolic OH excluding ortho intramolecular Hbond substituents is 1. The molecule has 3 rings (SSSR count). The van der Waals surface area contributed by atoms with Crippen molar-refractivity contribution in [1.82, 2.24) is 4.57 Å². The summed E-state index contributed by atoms with van der Waals surface area (Å²) in [6.07, 6.45) is -0.134. The van der Waals surface area contributed by atoms with Gasteiger partial charge in [0.2, 0.25) is 0 Å². The van der Waals surface area contributed by atoms with Gasteiger partial charge in [0.05, 0.1) is 18.5 Å². The summed E-state index contributed by atoms with van der Waals surface area (Å²) in [4.78, 5) is 24.9. The van der Waals surface area contributed by atoms with Crippen molar-refractivity contribution in [2.24, 2.45) is 0 Å². The number of nitrogens with zero attached hydrogens (tertiary/aromatic N) is 1. The molecule has 0 amide bonds. The molecule has 27 heavy (non-hydrogen) atoms. The summed E-state index contributed by atoms with van der Waals surface area (Å²) in [5.41, 5.74) is 1.27. The zero-order valence-corrected chi connectivity index (χ0v) is 14.8. The molecule has 0 aliphatic carbocycles. The van der Waals surface area contributed by atoms with Crippen molar-refractivity contribution >= 4 is 22.8 Å².